The molecule has 1 amide bonds. The van der Waals surface area contributed by atoms with Gasteiger partial charge in [0.05, 0.1) is 6.54 Å². The first-order valence-corrected chi connectivity index (χ1v) is 4.76. The second-order valence-electron chi connectivity index (χ2n) is 4.06. The molecule has 0 rings (SSSR count). The average molecular weight is 197 g/mol. The highest BCUT2D eigenvalue weighted by Gasteiger charge is 2.26. The predicted octanol–water partition coefficient (Wildman–Crippen LogP) is 1.64. The fraction of sp³-hybridized carbons (Fsp3) is 0.636. The minimum absolute atomic E-state index is 0.0812. The highest BCUT2D eigenvalue weighted by Crippen LogP contribution is 2.21. The molecule has 0 aliphatic carbocycles. The topological polar surface area (TPSA) is 37.4 Å². The third-order valence-corrected chi connectivity index (χ3v) is 2.57. The van der Waals surface area contributed by atoms with E-state index in [9.17, 15) is 9.59 Å². The standard InChI is InChI=1S/C11H19NO2/c1-6-10(14)12(5)8-9(13)11(3,4)7-2/h6H,1,7-8H2,2-5H3. The zero-order chi connectivity index (χ0) is 11.4. The molecule has 0 aromatic rings. The van der Waals surface area contributed by atoms with E-state index in [-0.39, 0.29) is 23.7 Å². The van der Waals surface area contributed by atoms with E-state index in [4.69, 9.17) is 0 Å². The molecule has 0 aliphatic rings. The number of Topliss-reactive ketones (excluding diaryl/α,β-unsaturated/α-hetero) is 1. The molecule has 0 heterocycles. The van der Waals surface area contributed by atoms with Crippen molar-refractivity contribution in [1.82, 2.24) is 4.90 Å². The van der Waals surface area contributed by atoms with Crippen molar-refractivity contribution in [3.8, 4) is 0 Å². The zero-order valence-electron chi connectivity index (χ0n) is 9.46. The summed E-state index contributed by atoms with van der Waals surface area (Å²) < 4.78 is 0. The number of nitrogens with zero attached hydrogens (tertiary/aromatic N) is 1. The monoisotopic (exact) mass is 197 g/mol. The molecular weight excluding hydrogens is 178 g/mol. The normalized spacial score (nSPS) is 10.9. The first kappa shape index (κ1) is 12.9. The van der Waals surface area contributed by atoms with E-state index < -0.39 is 0 Å². The maximum atomic E-state index is 11.7. The highest BCUT2D eigenvalue weighted by atomic mass is 16.2. The van der Waals surface area contributed by atoms with Gasteiger partial charge in [-0.3, -0.25) is 9.59 Å². The van der Waals surface area contributed by atoms with Gasteiger partial charge in [0.2, 0.25) is 5.91 Å². The molecule has 0 aromatic heterocycles. The predicted molar refractivity (Wildman–Crippen MR) is 56.9 cm³/mol. The van der Waals surface area contributed by atoms with Crippen LogP contribution in [0.4, 0.5) is 0 Å². The van der Waals surface area contributed by atoms with Crippen LogP contribution in [0.3, 0.4) is 0 Å². The maximum absolute atomic E-state index is 11.7. The molecule has 3 nitrogen and oxygen atoms in total. The van der Waals surface area contributed by atoms with Gasteiger partial charge in [0.15, 0.2) is 5.78 Å². The summed E-state index contributed by atoms with van der Waals surface area (Å²) in [6.07, 6.45) is 1.99. The highest BCUT2D eigenvalue weighted by molar-refractivity contribution is 5.93. The van der Waals surface area contributed by atoms with Crippen molar-refractivity contribution in [1.29, 1.82) is 0 Å². The van der Waals surface area contributed by atoms with Crippen LogP contribution in [-0.4, -0.2) is 30.2 Å². The van der Waals surface area contributed by atoms with Gasteiger partial charge >= 0.3 is 0 Å². The molecule has 0 N–H and O–H groups in total. The first-order chi connectivity index (χ1) is 6.35. The van der Waals surface area contributed by atoms with E-state index in [0.717, 1.165) is 6.42 Å². The van der Waals surface area contributed by atoms with Crippen molar-refractivity contribution in [2.45, 2.75) is 27.2 Å². The van der Waals surface area contributed by atoms with Gasteiger partial charge in [0.1, 0.15) is 0 Å². The van der Waals surface area contributed by atoms with Gasteiger partial charge in [-0.15, -0.1) is 0 Å². The Bertz CT molecular complexity index is 244. The molecule has 0 saturated carbocycles. The zero-order valence-corrected chi connectivity index (χ0v) is 9.46. The summed E-state index contributed by atoms with van der Waals surface area (Å²) in [6, 6.07) is 0. The lowest BCUT2D eigenvalue weighted by molar-refractivity contribution is -0.134. The summed E-state index contributed by atoms with van der Waals surface area (Å²) in [5.74, 6) is -0.136. The van der Waals surface area contributed by atoms with Crippen LogP contribution in [0, 0.1) is 5.41 Å². The number of hydrogen-bond acceptors (Lipinski definition) is 2. The van der Waals surface area contributed by atoms with Crippen LogP contribution in [0.5, 0.6) is 0 Å². The number of amides is 1. The van der Waals surface area contributed by atoms with Crippen LogP contribution in [0.1, 0.15) is 27.2 Å². The summed E-state index contributed by atoms with van der Waals surface area (Å²) in [6.45, 7) is 9.27. The van der Waals surface area contributed by atoms with Crippen LogP contribution in [0.2, 0.25) is 0 Å². The fourth-order valence-corrected chi connectivity index (χ4v) is 0.860. The van der Waals surface area contributed by atoms with E-state index in [0.29, 0.717) is 0 Å². The minimum Gasteiger partial charge on any atom is -0.335 e. The van der Waals surface area contributed by atoms with E-state index in [1.807, 2.05) is 20.8 Å². The summed E-state index contributed by atoms with van der Waals surface area (Å²) in [5, 5.41) is 0. The number of carbonyl (C=O) groups is 2. The average Bonchev–Trinajstić information content (AvgIpc) is 2.16. The van der Waals surface area contributed by atoms with Crippen molar-refractivity contribution in [3.05, 3.63) is 12.7 Å². The second kappa shape index (κ2) is 4.94. The lowest BCUT2D eigenvalue weighted by Crippen LogP contribution is -2.37. The molecule has 14 heavy (non-hydrogen) atoms. The Labute approximate surface area is 85.8 Å². The number of carbonyl (C=O) groups excluding carboxylic acids is 2. The van der Waals surface area contributed by atoms with Crippen LogP contribution < -0.4 is 0 Å². The lowest BCUT2D eigenvalue weighted by Gasteiger charge is -2.24. The van der Waals surface area contributed by atoms with Crippen LogP contribution in [0.15, 0.2) is 12.7 Å². The van der Waals surface area contributed by atoms with Gasteiger partial charge in [-0.25, -0.2) is 0 Å². The Morgan fingerprint density at radius 3 is 2.29 bits per heavy atom. The van der Waals surface area contributed by atoms with Gasteiger partial charge in [-0.2, -0.15) is 0 Å². The van der Waals surface area contributed by atoms with Gasteiger partial charge in [0, 0.05) is 12.5 Å². The van der Waals surface area contributed by atoms with Gasteiger partial charge in [-0.05, 0) is 12.5 Å². The molecular formula is C11H19NO2. The Hall–Kier alpha value is -1.12. The smallest absolute Gasteiger partial charge is 0.246 e. The van der Waals surface area contributed by atoms with Gasteiger partial charge in [-0.1, -0.05) is 27.4 Å². The number of ketones is 1. The number of hydrogen-bond donors (Lipinski definition) is 0. The molecule has 0 radical (unpaired) electrons. The van der Waals surface area contributed by atoms with Crippen molar-refractivity contribution < 1.29 is 9.59 Å². The van der Waals surface area contributed by atoms with E-state index >= 15 is 0 Å². The molecule has 0 bridgehead atoms. The van der Waals surface area contributed by atoms with E-state index in [2.05, 4.69) is 6.58 Å². The maximum Gasteiger partial charge on any atom is 0.246 e. The minimum atomic E-state index is -0.351. The van der Waals surface area contributed by atoms with Crippen molar-refractivity contribution in [3.63, 3.8) is 0 Å². The van der Waals surface area contributed by atoms with Crippen LogP contribution in [0.25, 0.3) is 0 Å². The summed E-state index contributed by atoms with van der Waals surface area (Å²) in [5.41, 5.74) is -0.351. The van der Waals surface area contributed by atoms with Crippen molar-refractivity contribution in [2.75, 3.05) is 13.6 Å². The second-order valence-corrected chi connectivity index (χ2v) is 4.06. The largest absolute Gasteiger partial charge is 0.335 e. The first-order valence-electron chi connectivity index (χ1n) is 4.76. The lowest BCUT2D eigenvalue weighted by atomic mass is 9.85. The van der Waals surface area contributed by atoms with E-state index in [1.54, 1.807) is 7.05 Å². The molecule has 80 valence electrons. The molecule has 3 heteroatoms. The van der Waals surface area contributed by atoms with Gasteiger partial charge < -0.3 is 4.90 Å². The molecule has 0 spiro atoms. The Kier molecular flexibility index (Phi) is 4.54. The molecule has 0 aromatic carbocycles. The van der Waals surface area contributed by atoms with Crippen LogP contribution in [-0.2, 0) is 9.59 Å². The fourth-order valence-electron chi connectivity index (χ4n) is 0.860. The van der Waals surface area contributed by atoms with Gasteiger partial charge in [0.25, 0.3) is 0 Å². The molecule has 0 unspecified atom stereocenters. The quantitative estimate of drug-likeness (QED) is 0.628. The molecule has 0 aliphatic heterocycles. The summed E-state index contributed by atoms with van der Waals surface area (Å²) in [7, 11) is 1.60. The number of likely N-dealkylation sites (N-methyl/N-ethyl adjacent to an activating group) is 1. The molecule has 0 atom stereocenters. The molecule has 0 fully saturated rings. The van der Waals surface area contributed by atoms with Crippen molar-refractivity contribution >= 4 is 11.7 Å². The van der Waals surface area contributed by atoms with Crippen molar-refractivity contribution in [2.24, 2.45) is 5.41 Å². The van der Waals surface area contributed by atoms with Crippen LogP contribution >= 0.6 is 0 Å². The third kappa shape index (κ3) is 3.32. The Morgan fingerprint density at radius 2 is 1.93 bits per heavy atom. The number of rotatable bonds is 5. The Morgan fingerprint density at radius 1 is 1.43 bits per heavy atom. The summed E-state index contributed by atoms with van der Waals surface area (Å²) >= 11 is 0. The third-order valence-electron chi connectivity index (χ3n) is 2.57. The van der Waals surface area contributed by atoms with E-state index in [1.165, 1.54) is 11.0 Å². The molecule has 0 saturated heterocycles. The SMILES string of the molecule is C=CC(=O)N(C)CC(=O)C(C)(C)CC. The summed E-state index contributed by atoms with van der Waals surface area (Å²) in [4.78, 5) is 24.2. The Balaban J connectivity index is 4.33.